The van der Waals surface area contributed by atoms with Crippen LogP contribution in [0.2, 0.25) is 0 Å². The van der Waals surface area contributed by atoms with E-state index in [-0.39, 0.29) is 5.97 Å². The lowest BCUT2D eigenvalue weighted by Gasteiger charge is -2.05. The Balaban J connectivity index is 3.09. The molecule has 0 aromatic rings. The van der Waals surface area contributed by atoms with Crippen LogP contribution in [0.3, 0.4) is 0 Å². The summed E-state index contributed by atoms with van der Waals surface area (Å²) in [5.74, 6) is 1.01. The van der Waals surface area contributed by atoms with Gasteiger partial charge >= 0.3 is 5.97 Å². The summed E-state index contributed by atoms with van der Waals surface area (Å²) in [6, 6.07) is 0. The molecule has 0 aliphatic heterocycles. The molecule has 0 saturated carbocycles. The van der Waals surface area contributed by atoms with Crippen molar-refractivity contribution in [2.45, 2.75) is 90.4 Å². The molecular weight excluding hydrogens is 268 g/mol. The molecule has 0 bridgehead atoms. The van der Waals surface area contributed by atoms with Gasteiger partial charge < -0.3 is 4.74 Å². The molecule has 0 aliphatic carbocycles. The van der Waals surface area contributed by atoms with E-state index in [4.69, 9.17) is 4.74 Å². The van der Waals surface area contributed by atoms with E-state index in [2.05, 4.69) is 19.6 Å². The molecule has 0 unspecified atom stereocenters. The number of ether oxygens (including phenoxy) is 1. The van der Waals surface area contributed by atoms with Crippen LogP contribution in [0.5, 0.6) is 0 Å². The first-order chi connectivity index (χ1) is 9.81. The van der Waals surface area contributed by atoms with Gasteiger partial charge in [0.05, 0.1) is 6.61 Å². The van der Waals surface area contributed by atoms with Gasteiger partial charge in [0.1, 0.15) is 0 Å². The fourth-order valence-electron chi connectivity index (χ4n) is 2.23. The maximum atomic E-state index is 11.4. The first kappa shape index (κ1) is 19.8. The molecule has 0 spiro atoms. The van der Waals surface area contributed by atoms with Crippen molar-refractivity contribution in [3.05, 3.63) is 0 Å². The largest absolute Gasteiger partial charge is 0.466 e. The standard InChI is InChI=1S/C17H34O2S/c1-2-3-4-11-14-17(18)19-15-12-9-7-5-6-8-10-13-16-20/h20H,2-16H2,1H3. The number of unbranched alkanes of at least 4 members (excludes halogenated alkanes) is 10. The Bertz CT molecular complexity index is 207. The third kappa shape index (κ3) is 15.9. The fraction of sp³-hybridized carbons (Fsp3) is 0.941. The summed E-state index contributed by atoms with van der Waals surface area (Å²) in [7, 11) is 0. The van der Waals surface area contributed by atoms with Gasteiger partial charge in [0.2, 0.25) is 0 Å². The van der Waals surface area contributed by atoms with Gasteiger partial charge in [-0.1, -0.05) is 64.7 Å². The second-order valence-electron chi connectivity index (χ2n) is 5.58. The molecule has 120 valence electrons. The Labute approximate surface area is 131 Å². The monoisotopic (exact) mass is 302 g/mol. The van der Waals surface area contributed by atoms with Crippen molar-refractivity contribution >= 4 is 18.6 Å². The molecule has 3 heteroatoms. The minimum atomic E-state index is -0.00661. The van der Waals surface area contributed by atoms with Gasteiger partial charge in [0, 0.05) is 6.42 Å². The van der Waals surface area contributed by atoms with Crippen LogP contribution in [0.4, 0.5) is 0 Å². The van der Waals surface area contributed by atoms with Crippen LogP contribution in [0, 0.1) is 0 Å². The summed E-state index contributed by atoms with van der Waals surface area (Å²) >= 11 is 4.21. The normalized spacial score (nSPS) is 10.7. The van der Waals surface area contributed by atoms with Crippen molar-refractivity contribution in [1.29, 1.82) is 0 Å². The molecule has 0 rings (SSSR count). The van der Waals surface area contributed by atoms with E-state index in [0.29, 0.717) is 13.0 Å². The number of esters is 1. The number of hydrogen-bond acceptors (Lipinski definition) is 3. The van der Waals surface area contributed by atoms with Gasteiger partial charge in [-0.3, -0.25) is 4.79 Å². The Hall–Kier alpha value is -0.180. The van der Waals surface area contributed by atoms with Crippen LogP contribution in [0.1, 0.15) is 90.4 Å². The Morgan fingerprint density at radius 2 is 1.35 bits per heavy atom. The minimum absolute atomic E-state index is 0.00661. The lowest BCUT2D eigenvalue weighted by atomic mass is 10.1. The van der Waals surface area contributed by atoms with Gasteiger partial charge in [0.15, 0.2) is 0 Å². The van der Waals surface area contributed by atoms with Crippen molar-refractivity contribution < 1.29 is 9.53 Å². The Morgan fingerprint density at radius 3 is 1.95 bits per heavy atom. The maximum Gasteiger partial charge on any atom is 0.305 e. The molecule has 0 aromatic carbocycles. The van der Waals surface area contributed by atoms with Crippen LogP contribution in [-0.4, -0.2) is 18.3 Å². The predicted molar refractivity (Wildman–Crippen MR) is 90.5 cm³/mol. The number of thiol groups is 1. The quantitative estimate of drug-likeness (QED) is 0.244. The summed E-state index contributed by atoms with van der Waals surface area (Å²) in [5.41, 5.74) is 0. The van der Waals surface area contributed by atoms with Crippen molar-refractivity contribution in [2.24, 2.45) is 0 Å². The summed E-state index contributed by atoms with van der Waals surface area (Å²) in [5, 5.41) is 0. The minimum Gasteiger partial charge on any atom is -0.466 e. The van der Waals surface area contributed by atoms with E-state index in [1.165, 1.54) is 57.8 Å². The van der Waals surface area contributed by atoms with E-state index in [1.807, 2.05) is 0 Å². The first-order valence-electron chi connectivity index (χ1n) is 8.57. The summed E-state index contributed by atoms with van der Waals surface area (Å²) < 4.78 is 5.23. The van der Waals surface area contributed by atoms with E-state index < -0.39 is 0 Å². The summed E-state index contributed by atoms with van der Waals surface area (Å²) in [4.78, 5) is 11.4. The zero-order valence-corrected chi connectivity index (χ0v) is 14.3. The third-order valence-corrected chi connectivity index (χ3v) is 3.87. The Kier molecular flexibility index (Phi) is 16.7. The SMILES string of the molecule is CCCCCCC(=O)OCCCCCCCCCCS. The summed E-state index contributed by atoms with van der Waals surface area (Å²) in [6.45, 7) is 2.80. The highest BCUT2D eigenvalue weighted by molar-refractivity contribution is 7.80. The third-order valence-electron chi connectivity index (χ3n) is 3.55. The highest BCUT2D eigenvalue weighted by Gasteiger charge is 2.01. The molecule has 0 saturated heterocycles. The van der Waals surface area contributed by atoms with Crippen LogP contribution in [0.25, 0.3) is 0 Å². The van der Waals surface area contributed by atoms with Crippen LogP contribution >= 0.6 is 12.6 Å². The zero-order valence-electron chi connectivity index (χ0n) is 13.4. The molecule has 0 atom stereocenters. The topological polar surface area (TPSA) is 26.3 Å². The molecule has 0 radical (unpaired) electrons. The highest BCUT2D eigenvalue weighted by atomic mass is 32.1. The number of hydrogen-bond donors (Lipinski definition) is 1. The van der Waals surface area contributed by atoms with Crippen molar-refractivity contribution in [3.63, 3.8) is 0 Å². The van der Waals surface area contributed by atoms with Crippen LogP contribution in [-0.2, 0) is 9.53 Å². The van der Waals surface area contributed by atoms with E-state index in [9.17, 15) is 4.79 Å². The zero-order chi connectivity index (χ0) is 14.9. The molecule has 20 heavy (non-hydrogen) atoms. The summed E-state index contributed by atoms with van der Waals surface area (Å²) in [6.07, 6.45) is 15.2. The maximum absolute atomic E-state index is 11.4. The van der Waals surface area contributed by atoms with E-state index >= 15 is 0 Å². The molecule has 0 aromatic heterocycles. The number of carbonyl (C=O) groups is 1. The number of carbonyl (C=O) groups excluding carboxylic acids is 1. The van der Waals surface area contributed by atoms with Gasteiger partial charge in [-0.2, -0.15) is 12.6 Å². The molecule has 0 heterocycles. The van der Waals surface area contributed by atoms with Crippen LogP contribution < -0.4 is 0 Å². The molecule has 0 aliphatic rings. The van der Waals surface area contributed by atoms with Gasteiger partial charge in [-0.05, 0) is 25.0 Å². The fourth-order valence-corrected chi connectivity index (χ4v) is 2.45. The van der Waals surface area contributed by atoms with Gasteiger partial charge in [0.25, 0.3) is 0 Å². The van der Waals surface area contributed by atoms with Crippen molar-refractivity contribution in [3.8, 4) is 0 Å². The smallest absolute Gasteiger partial charge is 0.305 e. The van der Waals surface area contributed by atoms with E-state index in [0.717, 1.165) is 25.0 Å². The number of rotatable bonds is 15. The predicted octanol–water partition coefficient (Wildman–Crippen LogP) is 5.55. The Morgan fingerprint density at radius 1 is 0.800 bits per heavy atom. The molecule has 0 amide bonds. The lowest BCUT2D eigenvalue weighted by Crippen LogP contribution is -2.05. The molecule has 2 nitrogen and oxygen atoms in total. The van der Waals surface area contributed by atoms with Crippen molar-refractivity contribution in [2.75, 3.05) is 12.4 Å². The average molecular weight is 303 g/mol. The lowest BCUT2D eigenvalue weighted by molar-refractivity contribution is -0.143. The average Bonchev–Trinajstić information content (AvgIpc) is 2.45. The molecule has 0 fully saturated rings. The van der Waals surface area contributed by atoms with Crippen LogP contribution in [0.15, 0.2) is 0 Å². The highest BCUT2D eigenvalue weighted by Crippen LogP contribution is 2.09. The second-order valence-corrected chi connectivity index (χ2v) is 6.03. The van der Waals surface area contributed by atoms with E-state index in [1.54, 1.807) is 0 Å². The van der Waals surface area contributed by atoms with Crippen molar-refractivity contribution in [1.82, 2.24) is 0 Å². The second kappa shape index (κ2) is 16.9. The van der Waals surface area contributed by atoms with Gasteiger partial charge in [-0.15, -0.1) is 0 Å². The molecule has 0 N–H and O–H groups in total. The molecular formula is C17H34O2S. The first-order valence-corrected chi connectivity index (χ1v) is 9.21. The van der Waals surface area contributed by atoms with Gasteiger partial charge in [-0.25, -0.2) is 0 Å².